The van der Waals surface area contributed by atoms with Gasteiger partial charge in [0.25, 0.3) is 0 Å². The van der Waals surface area contributed by atoms with Crippen molar-refractivity contribution < 1.29 is 55.9 Å². The molecule has 0 radical (unpaired) electrons. The highest BCUT2D eigenvalue weighted by Crippen LogP contribution is 2.60. The fourth-order valence-electron chi connectivity index (χ4n) is 3.51. The third kappa shape index (κ3) is 17.1. The fourth-order valence-corrected chi connectivity index (χ4v) is 10.3. The molecule has 4 N–H and O–H groups in total. The van der Waals surface area contributed by atoms with Crippen LogP contribution < -0.4 is 0 Å². The zero-order valence-electron chi connectivity index (χ0n) is 22.9. The Hall–Kier alpha value is 0.600. The molecule has 0 aromatic heterocycles. The van der Waals surface area contributed by atoms with Crippen LogP contribution in [0.3, 0.4) is 0 Å². The Balaban J connectivity index is 5.60. The van der Waals surface area contributed by atoms with Crippen LogP contribution in [0.2, 0.25) is 0 Å². The third-order valence-electron chi connectivity index (χ3n) is 5.81. The van der Waals surface area contributed by atoms with E-state index in [4.69, 9.17) is 18.1 Å². The van der Waals surface area contributed by atoms with Gasteiger partial charge in [0.2, 0.25) is 0 Å². The van der Waals surface area contributed by atoms with E-state index in [1.165, 1.54) is 0 Å². The van der Waals surface area contributed by atoms with E-state index >= 15 is 0 Å². The quantitative estimate of drug-likeness (QED) is 0.0973. The first-order valence-electron chi connectivity index (χ1n) is 13.0. The Labute approximate surface area is 222 Å². The summed E-state index contributed by atoms with van der Waals surface area (Å²) in [6.07, 6.45) is -1.30. The van der Waals surface area contributed by atoms with Crippen LogP contribution in [0.25, 0.3) is 0 Å². The Morgan fingerprint density at radius 1 is 0.459 bits per heavy atom. The maximum absolute atomic E-state index is 12.8. The maximum Gasteiger partial charge on any atom is 0.340 e. The highest BCUT2D eigenvalue weighted by atomic mass is 31.2. The molecule has 0 aromatic carbocycles. The third-order valence-corrected chi connectivity index (χ3v) is 12.8. The normalized spacial score (nSPS) is 19.9. The van der Waals surface area contributed by atoms with Crippen LogP contribution in [0.5, 0.6) is 0 Å². The highest BCUT2D eigenvalue weighted by molar-refractivity contribution is 7.70. The van der Waals surface area contributed by atoms with Gasteiger partial charge in [0.1, 0.15) is 0 Å². The lowest BCUT2D eigenvalue weighted by molar-refractivity contribution is 0.141. The van der Waals surface area contributed by atoms with Crippen LogP contribution in [0.1, 0.15) is 92.9 Å². The van der Waals surface area contributed by atoms with Crippen molar-refractivity contribution in [2.75, 3.05) is 18.2 Å². The van der Waals surface area contributed by atoms with Gasteiger partial charge in [-0.15, -0.1) is 0 Å². The molecule has 0 spiro atoms. The number of hydrogen-bond acceptors (Lipinski definition) is 8. The predicted molar refractivity (Wildman–Crippen MR) is 144 cm³/mol. The molecule has 0 saturated heterocycles. The minimum absolute atomic E-state index is 0.271. The molecule has 0 rings (SSSR count). The average Bonchev–Trinajstić information content (AvgIpc) is 2.80. The summed E-state index contributed by atoms with van der Waals surface area (Å²) in [6.45, 7) is 10.7. The standard InChI is InChI=1S/C21H48O12P4/c1-7-18(8-2)30-34(22,23)15-13-21(14-16-35(24,25)31-19(9-3)10-4)33-37(28,29)17-36(26,27)32-20(11-5)12-6/h18-21H,7-17H2,1-6H3,(H,22,23)(H,24,25)(H,26,27)(H,28,29). The van der Waals surface area contributed by atoms with E-state index in [0.29, 0.717) is 38.5 Å². The Kier molecular flexibility index (Phi) is 17.7. The molecule has 0 amide bonds. The first-order chi connectivity index (χ1) is 17.0. The molecule has 37 heavy (non-hydrogen) atoms. The minimum Gasteiger partial charge on any atom is -0.324 e. The molecular weight excluding hydrogens is 568 g/mol. The van der Waals surface area contributed by atoms with Gasteiger partial charge in [-0.2, -0.15) is 0 Å². The van der Waals surface area contributed by atoms with E-state index in [0.717, 1.165) is 0 Å². The molecule has 0 aliphatic carbocycles. The minimum atomic E-state index is -4.75. The van der Waals surface area contributed by atoms with Gasteiger partial charge in [-0.1, -0.05) is 41.5 Å². The van der Waals surface area contributed by atoms with E-state index in [-0.39, 0.29) is 12.8 Å². The van der Waals surface area contributed by atoms with Crippen LogP contribution >= 0.6 is 30.4 Å². The zero-order chi connectivity index (χ0) is 28.9. The van der Waals surface area contributed by atoms with Gasteiger partial charge in [0.15, 0.2) is 5.90 Å². The topological polar surface area (TPSA) is 186 Å². The van der Waals surface area contributed by atoms with Gasteiger partial charge < -0.3 is 37.7 Å². The molecule has 0 heterocycles. The molecule has 224 valence electrons. The smallest absolute Gasteiger partial charge is 0.324 e. The predicted octanol–water partition coefficient (Wildman–Crippen LogP) is 6.47. The molecule has 0 fully saturated rings. The van der Waals surface area contributed by atoms with Crippen molar-refractivity contribution >= 4 is 30.4 Å². The van der Waals surface area contributed by atoms with E-state index in [2.05, 4.69) is 0 Å². The van der Waals surface area contributed by atoms with Gasteiger partial charge in [0.05, 0.1) is 36.7 Å². The second-order valence-corrected chi connectivity index (χ2v) is 17.0. The van der Waals surface area contributed by atoms with E-state index < -0.39 is 73.0 Å². The van der Waals surface area contributed by atoms with E-state index in [9.17, 15) is 37.8 Å². The Morgan fingerprint density at radius 2 is 0.703 bits per heavy atom. The van der Waals surface area contributed by atoms with E-state index in [1.807, 2.05) is 0 Å². The van der Waals surface area contributed by atoms with Crippen LogP contribution in [0.15, 0.2) is 0 Å². The largest absolute Gasteiger partial charge is 0.340 e. The molecule has 0 aliphatic rings. The Bertz CT molecular complexity index is 788. The lowest BCUT2D eigenvalue weighted by atomic mass is 10.2. The summed E-state index contributed by atoms with van der Waals surface area (Å²) < 4.78 is 71.3. The molecule has 12 nitrogen and oxygen atoms in total. The van der Waals surface area contributed by atoms with Gasteiger partial charge in [-0.05, 0) is 51.4 Å². The van der Waals surface area contributed by atoms with Crippen molar-refractivity contribution in [3.63, 3.8) is 0 Å². The molecule has 0 bridgehead atoms. The summed E-state index contributed by atoms with van der Waals surface area (Å²) in [7, 11) is -17.5. The van der Waals surface area contributed by atoms with Crippen LogP contribution in [0.4, 0.5) is 0 Å². The van der Waals surface area contributed by atoms with Gasteiger partial charge in [0, 0.05) is 0 Å². The molecule has 4 atom stereocenters. The maximum atomic E-state index is 12.8. The van der Waals surface area contributed by atoms with Gasteiger partial charge in [-0.3, -0.25) is 18.3 Å². The summed E-state index contributed by atoms with van der Waals surface area (Å²) in [6, 6.07) is 0. The summed E-state index contributed by atoms with van der Waals surface area (Å²) in [5.74, 6) is -1.19. The van der Waals surface area contributed by atoms with Gasteiger partial charge >= 0.3 is 30.4 Å². The lowest BCUT2D eigenvalue weighted by Crippen LogP contribution is -2.19. The zero-order valence-corrected chi connectivity index (χ0v) is 26.5. The monoisotopic (exact) mass is 616 g/mol. The number of rotatable bonds is 22. The Morgan fingerprint density at radius 3 is 0.973 bits per heavy atom. The van der Waals surface area contributed by atoms with Crippen LogP contribution in [-0.4, -0.2) is 62.2 Å². The molecule has 16 heteroatoms. The second-order valence-electron chi connectivity index (χ2n) is 9.07. The van der Waals surface area contributed by atoms with Crippen molar-refractivity contribution in [2.45, 2.75) is 117 Å². The van der Waals surface area contributed by atoms with Crippen molar-refractivity contribution in [2.24, 2.45) is 0 Å². The summed E-state index contributed by atoms with van der Waals surface area (Å²) >= 11 is 0. The first-order valence-corrected chi connectivity index (χ1v) is 20.0. The van der Waals surface area contributed by atoms with Crippen molar-refractivity contribution in [3.8, 4) is 0 Å². The summed E-state index contributed by atoms with van der Waals surface area (Å²) in [5, 5.41) is 0. The molecule has 0 saturated carbocycles. The summed E-state index contributed by atoms with van der Waals surface area (Å²) in [4.78, 5) is 41.0. The van der Waals surface area contributed by atoms with E-state index in [1.54, 1.807) is 41.5 Å². The van der Waals surface area contributed by atoms with Crippen molar-refractivity contribution in [1.29, 1.82) is 0 Å². The lowest BCUT2D eigenvalue weighted by Gasteiger charge is -2.26. The molecule has 4 unspecified atom stereocenters. The molecule has 0 aliphatic heterocycles. The first kappa shape index (κ1) is 37.6. The van der Waals surface area contributed by atoms with Crippen LogP contribution in [0, 0.1) is 0 Å². The van der Waals surface area contributed by atoms with Crippen LogP contribution in [-0.2, 0) is 36.4 Å². The fraction of sp³-hybridized carbons (Fsp3) is 1.00. The van der Waals surface area contributed by atoms with Crippen molar-refractivity contribution in [3.05, 3.63) is 0 Å². The molecular formula is C21H48O12P4. The average molecular weight is 616 g/mol. The highest BCUT2D eigenvalue weighted by Gasteiger charge is 2.38. The second kappa shape index (κ2) is 17.4. The number of hydrogen-bond donors (Lipinski definition) is 4. The summed E-state index contributed by atoms with van der Waals surface area (Å²) in [5.41, 5.74) is 0. The molecule has 0 aromatic rings. The van der Waals surface area contributed by atoms with Gasteiger partial charge in [-0.25, -0.2) is 0 Å². The SMILES string of the molecule is CCC(CC)OP(=O)(O)CCC(CCP(=O)(O)OC(CC)CC)OP(=O)(O)CP(=O)(O)OC(CC)CC. The van der Waals surface area contributed by atoms with Crippen molar-refractivity contribution in [1.82, 2.24) is 0 Å².